The van der Waals surface area contributed by atoms with E-state index in [9.17, 15) is 31.2 Å². The van der Waals surface area contributed by atoms with Gasteiger partial charge in [0, 0.05) is 25.7 Å². The number of carbonyl (C=O) groups excluding carboxylic acids is 2. The molecule has 2 N–H and O–H groups in total. The van der Waals surface area contributed by atoms with Gasteiger partial charge in [-0.25, -0.2) is 4.79 Å². The number of hydrogen-bond acceptors (Lipinski definition) is 6. The monoisotopic (exact) mass is 536 g/mol. The molecule has 0 saturated carbocycles. The van der Waals surface area contributed by atoms with Gasteiger partial charge in [-0.3, -0.25) is 14.4 Å². The summed E-state index contributed by atoms with van der Waals surface area (Å²) in [6.45, 7) is 5.65. The quantitative estimate of drug-likeness (QED) is 0.597. The zero-order valence-electron chi connectivity index (χ0n) is 20.5. The normalized spacial score (nSPS) is 19.8. The van der Waals surface area contributed by atoms with Crippen LogP contribution in [0.15, 0.2) is 18.2 Å². The fourth-order valence-electron chi connectivity index (χ4n) is 3.95. The van der Waals surface area contributed by atoms with E-state index in [1.54, 1.807) is 20.8 Å². The number of rotatable bonds is 5. The standard InChI is InChI=1S/C22H31F3N4O6S/c1-14(30)26-12-17-13-29(36(32,33)28-9-7-15(8-10-28)22(23,24)25)18-11-16(5-6-19(18)34-17)27-20(31)35-21(2,3)4/h5-6,11,15,17H,7-10,12-13H2,1-4H3,(H,26,30)(H,27,31). The number of anilines is 2. The van der Waals surface area contributed by atoms with Crippen LogP contribution in [0.4, 0.5) is 29.3 Å². The number of nitrogens with zero attached hydrogens (tertiary/aromatic N) is 2. The Morgan fingerprint density at radius 1 is 1.17 bits per heavy atom. The second kappa shape index (κ2) is 10.3. The highest BCUT2D eigenvalue weighted by Gasteiger charge is 2.45. The molecule has 3 rings (SSSR count). The molecule has 2 aliphatic heterocycles. The first-order valence-electron chi connectivity index (χ1n) is 11.5. The molecule has 1 aromatic carbocycles. The van der Waals surface area contributed by atoms with Crippen molar-refractivity contribution >= 4 is 33.6 Å². The molecule has 14 heteroatoms. The number of ether oxygens (including phenoxy) is 2. The Morgan fingerprint density at radius 3 is 2.36 bits per heavy atom. The average molecular weight is 537 g/mol. The molecular formula is C22H31F3N4O6S. The summed E-state index contributed by atoms with van der Waals surface area (Å²) in [7, 11) is -4.25. The lowest BCUT2D eigenvalue weighted by Gasteiger charge is -2.40. The molecule has 0 aromatic heterocycles. The van der Waals surface area contributed by atoms with Crippen molar-refractivity contribution in [2.45, 2.75) is 58.4 Å². The van der Waals surface area contributed by atoms with Crippen LogP contribution < -0.4 is 19.7 Å². The molecule has 1 atom stereocenters. The molecule has 2 heterocycles. The Hall–Kier alpha value is -2.74. The molecule has 1 aromatic rings. The van der Waals surface area contributed by atoms with E-state index in [2.05, 4.69) is 10.6 Å². The first kappa shape index (κ1) is 27.8. The van der Waals surface area contributed by atoms with Gasteiger partial charge in [0.15, 0.2) is 0 Å². The van der Waals surface area contributed by atoms with Crippen molar-refractivity contribution in [1.82, 2.24) is 9.62 Å². The lowest BCUT2D eigenvalue weighted by atomic mass is 9.98. The maximum absolute atomic E-state index is 13.6. The van der Waals surface area contributed by atoms with Crippen molar-refractivity contribution < 1.29 is 40.7 Å². The summed E-state index contributed by atoms with van der Waals surface area (Å²) in [4.78, 5) is 23.6. The molecule has 0 spiro atoms. The number of benzene rings is 1. The number of fused-ring (bicyclic) bond motifs is 1. The van der Waals surface area contributed by atoms with Gasteiger partial charge in [0.25, 0.3) is 0 Å². The summed E-state index contributed by atoms with van der Waals surface area (Å²) < 4.78 is 79.6. The lowest BCUT2D eigenvalue weighted by Crippen LogP contribution is -2.54. The molecular weight excluding hydrogens is 505 g/mol. The summed E-state index contributed by atoms with van der Waals surface area (Å²) in [5.74, 6) is -1.71. The number of carbonyl (C=O) groups is 2. The Kier molecular flexibility index (Phi) is 7.98. The second-order valence-corrected chi connectivity index (χ2v) is 11.6. The molecule has 0 aliphatic carbocycles. The Morgan fingerprint density at radius 2 is 1.81 bits per heavy atom. The van der Waals surface area contributed by atoms with Crippen LogP contribution in [0.3, 0.4) is 0 Å². The van der Waals surface area contributed by atoms with Gasteiger partial charge in [-0.05, 0) is 51.8 Å². The molecule has 2 amide bonds. The first-order valence-corrected chi connectivity index (χ1v) is 12.9. The topological polar surface area (TPSA) is 117 Å². The lowest BCUT2D eigenvalue weighted by molar-refractivity contribution is -0.182. The molecule has 0 bridgehead atoms. The number of halogens is 3. The largest absolute Gasteiger partial charge is 0.484 e. The van der Waals surface area contributed by atoms with Crippen LogP contribution in [0.5, 0.6) is 5.75 Å². The molecule has 10 nitrogen and oxygen atoms in total. The summed E-state index contributed by atoms with van der Waals surface area (Å²) in [6.07, 6.45) is -6.54. The van der Waals surface area contributed by atoms with E-state index < -0.39 is 40.1 Å². The minimum absolute atomic E-state index is 0.0227. The predicted octanol–water partition coefficient (Wildman–Crippen LogP) is 3.26. The van der Waals surface area contributed by atoms with Crippen LogP contribution >= 0.6 is 0 Å². The van der Waals surface area contributed by atoms with Crippen molar-refractivity contribution in [1.29, 1.82) is 0 Å². The molecule has 1 saturated heterocycles. The van der Waals surface area contributed by atoms with Crippen LogP contribution in [0.2, 0.25) is 0 Å². The van der Waals surface area contributed by atoms with Crippen LogP contribution in [-0.2, 0) is 19.7 Å². The van der Waals surface area contributed by atoms with E-state index in [4.69, 9.17) is 9.47 Å². The summed E-state index contributed by atoms with van der Waals surface area (Å²) >= 11 is 0. The molecule has 36 heavy (non-hydrogen) atoms. The maximum Gasteiger partial charge on any atom is 0.412 e. The molecule has 1 unspecified atom stereocenters. The predicted molar refractivity (Wildman–Crippen MR) is 126 cm³/mol. The molecule has 2 aliphatic rings. The summed E-state index contributed by atoms with van der Waals surface area (Å²) in [5.41, 5.74) is -0.403. The average Bonchev–Trinajstić information content (AvgIpc) is 2.75. The van der Waals surface area contributed by atoms with Crippen molar-refractivity contribution in [3.63, 3.8) is 0 Å². The van der Waals surface area contributed by atoms with Gasteiger partial charge in [-0.2, -0.15) is 25.9 Å². The Balaban J connectivity index is 1.88. The van der Waals surface area contributed by atoms with Gasteiger partial charge in [-0.15, -0.1) is 0 Å². The van der Waals surface area contributed by atoms with Crippen LogP contribution in [-0.4, -0.2) is 68.8 Å². The number of amides is 2. The zero-order chi connectivity index (χ0) is 26.9. The molecule has 1 fully saturated rings. The van der Waals surface area contributed by atoms with E-state index in [-0.39, 0.29) is 62.1 Å². The fourth-order valence-corrected chi connectivity index (χ4v) is 5.64. The van der Waals surface area contributed by atoms with Crippen LogP contribution in [0.25, 0.3) is 0 Å². The van der Waals surface area contributed by atoms with E-state index in [0.29, 0.717) is 0 Å². The Bertz CT molecular complexity index is 1080. The number of piperidine rings is 1. The fraction of sp³-hybridized carbons (Fsp3) is 0.636. The third kappa shape index (κ3) is 6.93. The van der Waals surface area contributed by atoms with E-state index >= 15 is 0 Å². The number of alkyl halides is 3. The van der Waals surface area contributed by atoms with Gasteiger partial charge < -0.3 is 14.8 Å². The van der Waals surface area contributed by atoms with E-state index in [1.165, 1.54) is 25.1 Å². The van der Waals surface area contributed by atoms with E-state index in [1.807, 2.05) is 0 Å². The number of nitrogens with one attached hydrogen (secondary N) is 2. The Labute approximate surface area is 208 Å². The second-order valence-electron chi connectivity index (χ2n) is 9.74. The summed E-state index contributed by atoms with van der Waals surface area (Å²) in [5, 5.41) is 5.12. The smallest absolute Gasteiger partial charge is 0.412 e. The third-order valence-electron chi connectivity index (χ3n) is 5.64. The van der Waals surface area contributed by atoms with Gasteiger partial charge >= 0.3 is 22.5 Å². The van der Waals surface area contributed by atoms with Crippen molar-refractivity contribution in [3.8, 4) is 5.75 Å². The van der Waals surface area contributed by atoms with Crippen molar-refractivity contribution in [3.05, 3.63) is 18.2 Å². The molecule has 202 valence electrons. The molecule has 0 radical (unpaired) electrons. The zero-order valence-corrected chi connectivity index (χ0v) is 21.3. The number of hydrogen-bond donors (Lipinski definition) is 2. The third-order valence-corrected chi connectivity index (χ3v) is 7.56. The maximum atomic E-state index is 13.6. The van der Waals surface area contributed by atoms with Gasteiger partial charge in [0.2, 0.25) is 5.91 Å². The van der Waals surface area contributed by atoms with E-state index in [0.717, 1.165) is 8.61 Å². The minimum Gasteiger partial charge on any atom is -0.484 e. The first-order chi connectivity index (χ1) is 16.6. The van der Waals surface area contributed by atoms with Gasteiger partial charge in [0.1, 0.15) is 17.5 Å². The van der Waals surface area contributed by atoms with Crippen LogP contribution in [0, 0.1) is 5.92 Å². The summed E-state index contributed by atoms with van der Waals surface area (Å²) in [6, 6.07) is 4.37. The SMILES string of the molecule is CC(=O)NCC1CN(S(=O)(=O)N2CCC(C(F)(F)F)CC2)c2cc(NC(=O)OC(C)(C)C)ccc2O1. The minimum atomic E-state index is -4.38. The highest BCUT2D eigenvalue weighted by Crippen LogP contribution is 2.40. The van der Waals surface area contributed by atoms with Gasteiger partial charge in [0.05, 0.1) is 24.7 Å². The van der Waals surface area contributed by atoms with Gasteiger partial charge in [-0.1, -0.05) is 0 Å². The van der Waals surface area contributed by atoms with Crippen LogP contribution in [0.1, 0.15) is 40.5 Å². The van der Waals surface area contributed by atoms with Crippen molar-refractivity contribution in [2.75, 3.05) is 35.8 Å². The highest BCUT2D eigenvalue weighted by molar-refractivity contribution is 7.90. The van der Waals surface area contributed by atoms with Crippen molar-refractivity contribution in [2.24, 2.45) is 5.92 Å². The highest BCUT2D eigenvalue weighted by atomic mass is 32.2.